The van der Waals surface area contributed by atoms with Crippen molar-refractivity contribution in [3.05, 3.63) is 48.6 Å². The van der Waals surface area contributed by atoms with Crippen LogP contribution < -0.4 is 5.32 Å². The zero-order valence-corrected chi connectivity index (χ0v) is 64.4. The van der Waals surface area contributed by atoms with Crippen molar-refractivity contribution >= 4 is 11.9 Å². The van der Waals surface area contributed by atoms with Gasteiger partial charge in [-0.1, -0.05) is 428 Å². The maximum Gasteiger partial charge on any atom is 0.305 e. The van der Waals surface area contributed by atoms with Crippen LogP contribution in [0.1, 0.15) is 483 Å². The molecule has 6 nitrogen and oxygen atoms in total. The molecule has 0 aliphatic carbocycles. The molecule has 2 unspecified atom stereocenters. The predicted molar refractivity (Wildman–Crippen MR) is 421 cm³/mol. The normalized spacial score (nSPS) is 12.7. The lowest BCUT2D eigenvalue weighted by Gasteiger charge is -2.20. The highest BCUT2D eigenvalue weighted by Crippen LogP contribution is 2.20. The van der Waals surface area contributed by atoms with Gasteiger partial charge in [-0.2, -0.15) is 0 Å². The van der Waals surface area contributed by atoms with E-state index in [1.807, 2.05) is 6.08 Å². The van der Waals surface area contributed by atoms with Crippen LogP contribution in [-0.2, 0) is 14.3 Å². The highest BCUT2D eigenvalue weighted by atomic mass is 16.5. The lowest BCUT2D eigenvalue weighted by Crippen LogP contribution is -2.45. The molecule has 0 saturated carbocycles. The molecule has 0 aliphatic heterocycles. The SMILES string of the molecule is CCCCC/C=C\C/C=C\CCCCCCCCCCCC(=O)OCCCCCCCCCCCCCCCCCC/C=C\CCCCCCCCCCCCCCCCCCCC(=O)NC(CO)C(O)/C=C/CCCCCCCCCCCCCCCCCCCCCC. The minimum atomic E-state index is -0.843. The third-order valence-electron chi connectivity index (χ3n) is 20.3. The fraction of sp³-hybridized carbons (Fsp3) is 0.888. The van der Waals surface area contributed by atoms with Crippen LogP contribution in [0.2, 0.25) is 0 Å². The van der Waals surface area contributed by atoms with Crippen LogP contribution in [0.15, 0.2) is 48.6 Å². The fourth-order valence-electron chi connectivity index (χ4n) is 13.7. The Bertz CT molecular complexity index is 1590. The molecule has 2 atom stereocenters. The standard InChI is InChI=1S/C89H169NO5/c1-3-5-7-9-11-13-15-17-19-21-23-24-42-46-49-53-57-61-65-69-73-77-81-87(92)86(85-91)90-88(93)82-78-74-70-66-62-58-54-50-47-43-40-38-36-34-32-30-28-26-25-27-29-31-33-35-37-39-41-44-48-52-56-60-64-68-72-76-80-84-95-89(94)83-79-75-71-67-63-59-55-51-45-22-20-18-16-14-12-10-8-6-4-2/h12,14,18,20,25,27,77,81,86-87,91-92H,3-11,13,15-17,19,21-24,26,28-76,78-80,82-85H2,1-2H3,(H,90,93)/b14-12-,20-18-,27-25-,81-77+. The molecule has 0 saturated heterocycles. The van der Waals surface area contributed by atoms with Gasteiger partial charge in [-0.15, -0.1) is 0 Å². The van der Waals surface area contributed by atoms with Crippen molar-refractivity contribution in [2.75, 3.05) is 13.2 Å². The number of allylic oxidation sites excluding steroid dienone is 7. The van der Waals surface area contributed by atoms with E-state index in [-0.39, 0.29) is 18.5 Å². The summed E-state index contributed by atoms with van der Waals surface area (Å²) in [5.74, 6) is -0.0409. The van der Waals surface area contributed by atoms with Gasteiger partial charge in [0, 0.05) is 12.8 Å². The number of aliphatic hydroxyl groups is 2. The van der Waals surface area contributed by atoms with Crippen LogP contribution >= 0.6 is 0 Å². The second-order valence-corrected chi connectivity index (χ2v) is 29.9. The number of carbonyl (C=O) groups is 2. The lowest BCUT2D eigenvalue weighted by molar-refractivity contribution is -0.143. The fourth-order valence-corrected chi connectivity index (χ4v) is 13.7. The third kappa shape index (κ3) is 80.7. The van der Waals surface area contributed by atoms with Crippen LogP contribution in [-0.4, -0.2) is 47.4 Å². The number of amides is 1. The summed E-state index contributed by atoms with van der Waals surface area (Å²) in [5, 5.41) is 23.3. The molecular formula is C89H169NO5. The van der Waals surface area contributed by atoms with Gasteiger partial charge in [0.1, 0.15) is 0 Å². The van der Waals surface area contributed by atoms with Crippen molar-refractivity contribution in [2.45, 2.75) is 495 Å². The summed E-state index contributed by atoms with van der Waals surface area (Å²) in [6.45, 7) is 4.93. The van der Waals surface area contributed by atoms with Crippen molar-refractivity contribution in [1.29, 1.82) is 0 Å². The molecule has 0 radical (unpaired) electrons. The zero-order valence-electron chi connectivity index (χ0n) is 64.4. The van der Waals surface area contributed by atoms with Crippen molar-refractivity contribution in [3.8, 4) is 0 Å². The summed E-state index contributed by atoms with van der Waals surface area (Å²) in [7, 11) is 0. The van der Waals surface area contributed by atoms with Crippen LogP contribution in [0.4, 0.5) is 0 Å². The summed E-state index contributed by atoms with van der Waals surface area (Å²) in [5.41, 5.74) is 0. The molecule has 560 valence electrons. The minimum absolute atomic E-state index is 0.0182. The van der Waals surface area contributed by atoms with E-state index >= 15 is 0 Å². The molecule has 1 amide bonds. The van der Waals surface area contributed by atoms with E-state index in [9.17, 15) is 19.8 Å². The maximum atomic E-state index is 12.6. The van der Waals surface area contributed by atoms with E-state index in [0.717, 1.165) is 51.4 Å². The summed E-state index contributed by atoms with van der Waals surface area (Å²) in [4.78, 5) is 24.7. The number of nitrogens with one attached hydrogen (secondary N) is 1. The largest absolute Gasteiger partial charge is 0.466 e. The first-order valence-electron chi connectivity index (χ1n) is 43.4. The Morgan fingerprint density at radius 1 is 0.295 bits per heavy atom. The van der Waals surface area contributed by atoms with E-state index < -0.39 is 12.1 Å². The molecule has 0 bridgehead atoms. The van der Waals surface area contributed by atoms with Crippen LogP contribution in [0.25, 0.3) is 0 Å². The summed E-state index contributed by atoms with van der Waals surface area (Å²) >= 11 is 0. The Hall–Kier alpha value is -2.18. The number of hydrogen-bond acceptors (Lipinski definition) is 5. The van der Waals surface area contributed by atoms with Gasteiger partial charge in [0.15, 0.2) is 0 Å². The van der Waals surface area contributed by atoms with E-state index in [2.05, 4.69) is 55.6 Å². The smallest absolute Gasteiger partial charge is 0.305 e. The van der Waals surface area contributed by atoms with Gasteiger partial charge in [-0.05, 0) is 89.9 Å². The van der Waals surface area contributed by atoms with Gasteiger partial charge < -0.3 is 20.3 Å². The average Bonchev–Trinajstić information content (AvgIpc) is 3.35. The second kappa shape index (κ2) is 84.2. The van der Waals surface area contributed by atoms with Crippen LogP contribution in [0, 0.1) is 0 Å². The summed E-state index contributed by atoms with van der Waals surface area (Å²) in [6.07, 6.45) is 113. The van der Waals surface area contributed by atoms with Crippen LogP contribution in [0.5, 0.6) is 0 Å². The molecule has 0 aromatic carbocycles. The molecule has 3 N–H and O–H groups in total. The van der Waals surface area contributed by atoms with Gasteiger partial charge in [0.2, 0.25) is 5.91 Å². The zero-order chi connectivity index (χ0) is 68.4. The number of unbranched alkanes of at least 4 members (excludes halogenated alkanes) is 65. The average molecular weight is 1330 g/mol. The molecule has 0 heterocycles. The Morgan fingerprint density at radius 2 is 0.526 bits per heavy atom. The molecule has 0 spiro atoms. The molecule has 0 aromatic rings. The minimum Gasteiger partial charge on any atom is -0.466 e. The number of hydrogen-bond donors (Lipinski definition) is 3. The Labute approximate surface area is 595 Å². The first-order valence-corrected chi connectivity index (χ1v) is 43.4. The number of carbonyl (C=O) groups excluding carboxylic acids is 2. The molecular weight excluding hydrogens is 1160 g/mol. The Kier molecular flexibility index (Phi) is 82.3. The molecule has 0 aromatic heterocycles. The number of ether oxygens (including phenoxy) is 1. The van der Waals surface area contributed by atoms with E-state index in [0.29, 0.717) is 19.4 Å². The molecule has 0 rings (SSSR count). The van der Waals surface area contributed by atoms with Crippen molar-refractivity contribution in [1.82, 2.24) is 5.32 Å². The van der Waals surface area contributed by atoms with Gasteiger partial charge in [0.25, 0.3) is 0 Å². The molecule has 95 heavy (non-hydrogen) atoms. The van der Waals surface area contributed by atoms with E-state index in [4.69, 9.17) is 4.74 Å². The van der Waals surface area contributed by atoms with E-state index in [1.165, 1.54) is 405 Å². The molecule has 0 fully saturated rings. The monoisotopic (exact) mass is 1330 g/mol. The number of rotatable bonds is 82. The highest BCUT2D eigenvalue weighted by molar-refractivity contribution is 5.76. The lowest BCUT2D eigenvalue weighted by atomic mass is 10.0. The topological polar surface area (TPSA) is 95.9 Å². The first kappa shape index (κ1) is 92.8. The quantitative estimate of drug-likeness (QED) is 0.0320. The van der Waals surface area contributed by atoms with Crippen molar-refractivity contribution in [2.24, 2.45) is 0 Å². The summed E-state index contributed by atoms with van der Waals surface area (Å²) in [6, 6.07) is -0.627. The number of esters is 1. The van der Waals surface area contributed by atoms with Gasteiger partial charge in [-0.3, -0.25) is 9.59 Å². The Morgan fingerprint density at radius 3 is 0.832 bits per heavy atom. The highest BCUT2D eigenvalue weighted by Gasteiger charge is 2.18. The third-order valence-corrected chi connectivity index (χ3v) is 20.3. The van der Waals surface area contributed by atoms with Crippen LogP contribution in [0.3, 0.4) is 0 Å². The van der Waals surface area contributed by atoms with Crippen molar-refractivity contribution < 1.29 is 24.5 Å². The van der Waals surface area contributed by atoms with E-state index in [1.54, 1.807) is 6.08 Å². The first-order chi connectivity index (χ1) is 47.0. The van der Waals surface area contributed by atoms with Gasteiger partial charge in [0.05, 0.1) is 25.4 Å². The van der Waals surface area contributed by atoms with Crippen molar-refractivity contribution in [3.63, 3.8) is 0 Å². The summed E-state index contributed by atoms with van der Waals surface area (Å²) < 4.78 is 5.52. The molecule has 6 heteroatoms. The maximum absolute atomic E-state index is 12.6. The van der Waals surface area contributed by atoms with Gasteiger partial charge in [-0.25, -0.2) is 0 Å². The van der Waals surface area contributed by atoms with Gasteiger partial charge >= 0.3 is 5.97 Å². The second-order valence-electron chi connectivity index (χ2n) is 29.9. The predicted octanol–water partition coefficient (Wildman–Crippen LogP) is 29.1. The number of aliphatic hydroxyl groups excluding tert-OH is 2. The molecule has 0 aliphatic rings. The Balaban J connectivity index is 3.35.